The molecule has 0 heterocycles. The normalized spacial score (nSPS) is 14.4. The van der Waals surface area contributed by atoms with Gasteiger partial charge in [-0.15, -0.1) is 0 Å². The van der Waals surface area contributed by atoms with Crippen LogP contribution in [0.3, 0.4) is 0 Å². The second kappa shape index (κ2) is 5.06. The molecule has 0 nitrogen and oxygen atoms in total. The molecule has 0 atom stereocenters. The quantitative estimate of drug-likeness (QED) is 0.664. The minimum absolute atomic E-state index is 0.0474. The van der Waals surface area contributed by atoms with Gasteiger partial charge in [0.1, 0.15) is 0 Å². The lowest BCUT2D eigenvalue weighted by molar-refractivity contribution is -0.340. The van der Waals surface area contributed by atoms with Gasteiger partial charge in [-0.3, -0.25) is 0 Å². The van der Waals surface area contributed by atoms with Crippen LogP contribution in [0.25, 0.3) is 0 Å². The third-order valence-electron chi connectivity index (χ3n) is 2.60. The lowest BCUT2D eigenvalue weighted by atomic mass is 9.94. The van der Waals surface area contributed by atoms with Gasteiger partial charge in [-0.25, -0.2) is 4.39 Å². The Morgan fingerprint density at radius 3 is 1.57 bits per heavy atom. The molecule has 0 aliphatic carbocycles. The molecule has 0 radical (unpaired) electrons. The summed E-state index contributed by atoms with van der Waals surface area (Å²) in [5, 5.41) is 0. The Morgan fingerprint density at radius 2 is 1.19 bits per heavy atom. The summed E-state index contributed by atoms with van der Waals surface area (Å²) in [4.78, 5) is 0. The second-order valence-electron chi connectivity index (χ2n) is 4.17. The molecule has 21 heavy (non-hydrogen) atoms. The number of halogens is 10. The van der Waals surface area contributed by atoms with Gasteiger partial charge >= 0.3 is 24.2 Å². The molecule has 0 aliphatic heterocycles. The SMILES string of the molecule is FC(F)(F)c1cccc(CC(F)(C(F)(F)F)C(F)(F)F)c1. The van der Waals surface area contributed by atoms with E-state index in [4.69, 9.17) is 0 Å². The maximum absolute atomic E-state index is 13.4. The van der Waals surface area contributed by atoms with E-state index >= 15 is 0 Å². The van der Waals surface area contributed by atoms with Gasteiger partial charge in [0.25, 0.3) is 0 Å². The minimum atomic E-state index is -6.31. The van der Waals surface area contributed by atoms with Crippen LogP contribution in [0.5, 0.6) is 0 Å². The first-order valence-electron chi connectivity index (χ1n) is 5.17. The van der Waals surface area contributed by atoms with Crippen molar-refractivity contribution in [2.24, 2.45) is 0 Å². The maximum atomic E-state index is 13.4. The molecule has 0 saturated heterocycles. The Balaban J connectivity index is 3.24. The van der Waals surface area contributed by atoms with Crippen LogP contribution in [0.4, 0.5) is 43.9 Å². The van der Waals surface area contributed by atoms with E-state index in [9.17, 15) is 43.9 Å². The van der Waals surface area contributed by atoms with Crippen LogP contribution in [-0.4, -0.2) is 18.0 Å². The summed E-state index contributed by atoms with van der Waals surface area (Å²) in [5.74, 6) is 0. The fourth-order valence-electron chi connectivity index (χ4n) is 1.50. The van der Waals surface area contributed by atoms with Crippen LogP contribution >= 0.6 is 0 Å². The van der Waals surface area contributed by atoms with Gasteiger partial charge in [0.05, 0.1) is 5.56 Å². The van der Waals surface area contributed by atoms with E-state index < -0.39 is 41.7 Å². The van der Waals surface area contributed by atoms with Crippen molar-refractivity contribution in [3.63, 3.8) is 0 Å². The number of hydrogen-bond donors (Lipinski definition) is 0. The molecular formula is C11H6F10. The van der Waals surface area contributed by atoms with E-state index in [1.807, 2.05) is 0 Å². The van der Waals surface area contributed by atoms with Crippen LogP contribution in [0.15, 0.2) is 24.3 Å². The third kappa shape index (κ3) is 3.59. The van der Waals surface area contributed by atoms with Crippen LogP contribution < -0.4 is 0 Å². The number of rotatable bonds is 2. The van der Waals surface area contributed by atoms with Gasteiger partial charge in [-0.2, -0.15) is 39.5 Å². The van der Waals surface area contributed by atoms with Crippen molar-refractivity contribution in [1.29, 1.82) is 0 Å². The standard InChI is InChI=1S/C11H6F10/c12-8(10(16,17)18,11(19,20)21)5-6-2-1-3-7(4-6)9(13,14)15/h1-4H,5H2. The van der Waals surface area contributed by atoms with E-state index in [1.54, 1.807) is 0 Å². The highest BCUT2D eigenvalue weighted by Crippen LogP contribution is 2.48. The molecule has 0 saturated carbocycles. The van der Waals surface area contributed by atoms with Gasteiger partial charge in [-0.05, 0) is 11.6 Å². The predicted octanol–water partition coefficient (Wildman–Crippen LogP) is 5.08. The van der Waals surface area contributed by atoms with Crippen LogP contribution in [0.2, 0.25) is 0 Å². The van der Waals surface area contributed by atoms with Crippen LogP contribution in [0, 0.1) is 0 Å². The molecule has 10 heteroatoms. The second-order valence-corrected chi connectivity index (χ2v) is 4.17. The molecule has 0 unspecified atom stereocenters. The zero-order valence-electron chi connectivity index (χ0n) is 9.80. The van der Waals surface area contributed by atoms with Crippen molar-refractivity contribution in [3.05, 3.63) is 35.4 Å². The Bertz CT molecular complexity index is 479. The van der Waals surface area contributed by atoms with Crippen molar-refractivity contribution in [2.75, 3.05) is 0 Å². The first-order chi connectivity index (χ1) is 9.18. The molecular weight excluding hydrogens is 322 g/mol. The van der Waals surface area contributed by atoms with Gasteiger partial charge < -0.3 is 0 Å². The Morgan fingerprint density at radius 1 is 0.714 bits per heavy atom. The predicted molar refractivity (Wildman–Crippen MR) is 51.1 cm³/mol. The summed E-state index contributed by atoms with van der Waals surface area (Å²) in [5.41, 5.74) is -8.15. The molecule has 0 aliphatic rings. The van der Waals surface area contributed by atoms with Crippen LogP contribution in [-0.2, 0) is 12.6 Å². The molecule has 0 aromatic heterocycles. The molecule has 0 amide bonds. The summed E-state index contributed by atoms with van der Waals surface area (Å²) in [6.07, 6.45) is -19.9. The fourth-order valence-corrected chi connectivity index (χ4v) is 1.50. The number of benzene rings is 1. The largest absolute Gasteiger partial charge is 0.431 e. The summed E-state index contributed by atoms with van der Waals surface area (Å²) in [6, 6.07) is 1.66. The highest BCUT2D eigenvalue weighted by Gasteiger charge is 2.72. The van der Waals surface area contributed by atoms with E-state index in [-0.39, 0.29) is 6.07 Å². The topological polar surface area (TPSA) is 0 Å². The fraction of sp³-hybridized carbons (Fsp3) is 0.455. The molecule has 1 aromatic rings. The lowest BCUT2D eigenvalue weighted by Crippen LogP contribution is -2.54. The van der Waals surface area contributed by atoms with Crippen molar-refractivity contribution in [2.45, 2.75) is 30.6 Å². The van der Waals surface area contributed by atoms with Crippen molar-refractivity contribution >= 4 is 0 Å². The molecule has 120 valence electrons. The van der Waals surface area contributed by atoms with Crippen molar-refractivity contribution in [1.82, 2.24) is 0 Å². The van der Waals surface area contributed by atoms with Gasteiger partial charge in [0.2, 0.25) is 0 Å². The third-order valence-corrected chi connectivity index (χ3v) is 2.60. The maximum Gasteiger partial charge on any atom is 0.431 e. The minimum Gasteiger partial charge on any atom is -0.223 e. The monoisotopic (exact) mass is 328 g/mol. The molecule has 0 N–H and O–H groups in total. The average molecular weight is 328 g/mol. The number of alkyl halides is 10. The summed E-state index contributed by atoms with van der Waals surface area (Å²) < 4.78 is 124. The molecule has 1 aromatic carbocycles. The Kier molecular flexibility index (Phi) is 4.23. The Labute approximate surface area is 111 Å². The molecule has 0 fully saturated rings. The summed E-state index contributed by atoms with van der Waals surface area (Å²) >= 11 is 0. The smallest absolute Gasteiger partial charge is 0.223 e. The highest BCUT2D eigenvalue weighted by atomic mass is 19.4. The molecule has 1 rings (SSSR count). The zero-order chi connectivity index (χ0) is 16.7. The number of hydrogen-bond acceptors (Lipinski definition) is 0. The van der Waals surface area contributed by atoms with E-state index in [0.717, 1.165) is 0 Å². The molecule has 0 bridgehead atoms. The van der Waals surface area contributed by atoms with Crippen molar-refractivity contribution in [3.8, 4) is 0 Å². The molecule has 0 spiro atoms. The highest BCUT2D eigenvalue weighted by molar-refractivity contribution is 5.27. The zero-order valence-corrected chi connectivity index (χ0v) is 9.80. The first kappa shape index (κ1) is 17.6. The van der Waals surface area contributed by atoms with Gasteiger partial charge in [0, 0.05) is 6.42 Å². The van der Waals surface area contributed by atoms with E-state index in [2.05, 4.69) is 0 Å². The average Bonchev–Trinajstić information content (AvgIpc) is 2.25. The van der Waals surface area contributed by atoms with E-state index in [0.29, 0.717) is 18.2 Å². The Hall–Kier alpha value is -1.48. The first-order valence-corrected chi connectivity index (χ1v) is 5.17. The summed E-state index contributed by atoms with van der Waals surface area (Å²) in [6.45, 7) is 0. The van der Waals surface area contributed by atoms with Gasteiger partial charge in [0.15, 0.2) is 0 Å². The summed E-state index contributed by atoms with van der Waals surface area (Å²) in [7, 11) is 0. The lowest BCUT2D eigenvalue weighted by Gasteiger charge is -2.30. The van der Waals surface area contributed by atoms with E-state index in [1.165, 1.54) is 0 Å². The van der Waals surface area contributed by atoms with Crippen molar-refractivity contribution < 1.29 is 43.9 Å². The van der Waals surface area contributed by atoms with Crippen LogP contribution in [0.1, 0.15) is 11.1 Å². The van der Waals surface area contributed by atoms with Gasteiger partial charge in [-0.1, -0.05) is 18.2 Å².